The fraction of sp³-hybridized carbons (Fsp3) is 0.500. The third-order valence-corrected chi connectivity index (χ3v) is 3.27. The number of carbonyl (C=O) groups excluding carboxylic acids is 1. The van der Waals surface area contributed by atoms with Crippen LogP contribution in [0.4, 0.5) is 5.69 Å². The van der Waals surface area contributed by atoms with E-state index in [4.69, 9.17) is 10.5 Å². The van der Waals surface area contributed by atoms with Crippen LogP contribution in [0.1, 0.15) is 24.8 Å². The highest BCUT2D eigenvalue weighted by Crippen LogP contribution is 2.33. The second kappa shape index (κ2) is 5.87. The van der Waals surface area contributed by atoms with Crippen LogP contribution in [0.15, 0.2) is 18.2 Å². The second-order valence-corrected chi connectivity index (χ2v) is 4.55. The second-order valence-electron chi connectivity index (χ2n) is 4.55. The Morgan fingerprint density at radius 2 is 2.22 bits per heavy atom. The van der Waals surface area contributed by atoms with Gasteiger partial charge in [-0.3, -0.25) is 4.79 Å². The molecular weight excluding hydrogens is 228 g/mol. The van der Waals surface area contributed by atoms with Gasteiger partial charge in [0.2, 0.25) is 5.91 Å². The minimum Gasteiger partial charge on any atom is -0.493 e. The number of rotatable bonds is 4. The lowest BCUT2D eigenvalue weighted by Crippen LogP contribution is -2.25. The third kappa shape index (κ3) is 2.64. The van der Waals surface area contributed by atoms with Gasteiger partial charge >= 0.3 is 0 Å². The lowest BCUT2D eigenvalue weighted by atomic mass is 10.1. The molecule has 0 saturated heterocycles. The van der Waals surface area contributed by atoms with Crippen LogP contribution in [0.2, 0.25) is 0 Å². The van der Waals surface area contributed by atoms with Crippen LogP contribution in [-0.2, 0) is 11.2 Å². The van der Waals surface area contributed by atoms with Gasteiger partial charge in [0.25, 0.3) is 0 Å². The average Bonchev–Trinajstić information content (AvgIpc) is 2.52. The SMILES string of the molecule is CN1C(=O)CCCc2c(OCCCN)cccc21. The molecule has 1 amide bonds. The van der Waals surface area contributed by atoms with Crippen molar-refractivity contribution in [3.63, 3.8) is 0 Å². The van der Waals surface area contributed by atoms with E-state index in [1.165, 1.54) is 0 Å². The Balaban J connectivity index is 2.25. The molecule has 0 unspecified atom stereocenters. The molecule has 0 saturated carbocycles. The number of amides is 1. The van der Waals surface area contributed by atoms with Crippen molar-refractivity contribution >= 4 is 11.6 Å². The van der Waals surface area contributed by atoms with E-state index in [1.807, 2.05) is 25.2 Å². The molecule has 0 aromatic heterocycles. The molecular formula is C14H20N2O2. The number of carbonyl (C=O) groups is 1. The molecule has 1 aromatic rings. The van der Waals surface area contributed by atoms with E-state index in [1.54, 1.807) is 4.90 Å². The molecule has 1 aromatic carbocycles. The summed E-state index contributed by atoms with van der Waals surface area (Å²) in [6.45, 7) is 1.26. The van der Waals surface area contributed by atoms with Gasteiger partial charge in [0, 0.05) is 19.0 Å². The average molecular weight is 248 g/mol. The summed E-state index contributed by atoms with van der Waals surface area (Å²) in [7, 11) is 1.83. The van der Waals surface area contributed by atoms with E-state index >= 15 is 0 Å². The number of anilines is 1. The van der Waals surface area contributed by atoms with Crippen molar-refractivity contribution in [2.24, 2.45) is 5.73 Å². The van der Waals surface area contributed by atoms with Crippen molar-refractivity contribution in [2.75, 3.05) is 25.1 Å². The fourth-order valence-corrected chi connectivity index (χ4v) is 2.24. The van der Waals surface area contributed by atoms with E-state index in [-0.39, 0.29) is 5.91 Å². The molecule has 0 aliphatic carbocycles. The summed E-state index contributed by atoms with van der Waals surface area (Å²) < 4.78 is 5.77. The Labute approximate surface area is 108 Å². The first-order chi connectivity index (χ1) is 8.74. The number of nitrogens with zero attached hydrogens (tertiary/aromatic N) is 1. The number of hydrogen-bond acceptors (Lipinski definition) is 3. The predicted octanol–water partition coefficient (Wildman–Crippen LogP) is 1.71. The highest BCUT2D eigenvalue weighted by molar-refractivity contribution is 5.94. The molecule has 0 fully saturated rings. The monoisotopic (exact) mass is 248 g/mol. The summed E-state index contributed by atoms with van der Waals surface area (Å²) in [4.78, 5) is 13.6. The van der Waals surface area contributed by atoms with Gasteiger partial charge in [-0.25, -0.2) is 0 Å². The molecule has 1 heterocycles. The van der Waals surface area contributed by atoms with Crippen LogP contribution in [0.25, 0.3) is 0 Å². The fourth-order valence-electron chi connectivity index (χ4n) is 2.24. The third-order valence-electron chi connectivity index (χ3n) is 3.27. The first-order valence-electron chi connectivity index (χ1n) is 6.45. The summed E-state index contributed by atoms with van der Waals surface area (Å²) in [5.41, 5.74) is 7.58. The number of hydrogen-bond donors (Lipinski definition) is 1. The minimum absolute atomic E-state index is 0.174. The summed E-state index contributed by atoms with van der Waals surface area (Å²) in [6, 6.07) is 5.89. The molecule has 0 spiro atoms. The Bertz CT molecular complexity index is 432. The van der Waals surface area contributed by atoms with E-state index in [0.29, 0.717) is 19.6 Å². The normalized spacial score (nSPS) is 15.2. The quantitative estimate of drug-likeness (QED) is 0.825. The van der Waals surface area contributed by atoms with E-state index in [0.717, 1.165) is 36.3 Å². The van der Waals surface area contributed by atoms with Gasteiger partial charge in [0.15, 0.2) is 0 Å². The van der Waals surface area contributed by atoms with Crippen LogP contribution in [0, 0.1) is 0 Å². The van der Waals surface area contributed by atoms with Crippen molar-refractivity contribution in [3.8, 4) is 5.75 Å². The lowest BCUT2D eigenvalue weighted by Gasteiger charge is -2.19. The van der Waals surface area contributed by atoms with Gasteiger partial charge < -0.3 is 15.4 Å². The summed E-state index contributed by atoms with van der Waals surface area (Å²) in [5, 5.41) is 0. The molecule has 18 heavy (non-hydrogen) atoms. The molecule has 0 bridgehead atoms. The van der Waals surface area contributed by atoms with Gasteiger partial charge in [-0.1, -0.05) is 6.07 Å². The highest BCUT2D eigenvalue weighted by atomic mass is 16.5. The van der Waals surface area contributed by atoms with Crippen LogP contribution in [-0.4, -0.2) is 26.1 Å². The van der Waals surface area contributed by atoms with E-state index in [9.17, 15) is 4.79 Å². The van der Waals surface area contributed by atoms with Crippen molar-refractivity contribution in [3.05, 3.63) is 23.8 Å². The number of ether oxygens (including phenoxy) is 1. The maximum Gasteiger partial charge on any atom is 0.226 e. The standard InChI is InChI=1S/C14H20N2O2/c1-16-12-6-3-7-13(18-10-4-9-15)11(12)5-2-8-14(16)17/h3,6-7H,2,4-5,8-10,15H2,1H3. The van der Waals surface area contributed by atoms with Crippen molar-refractivity contribution in [2.45, 2.75) is 25.7 Å². The van der Waals surface area contributed by atoms with Gasteiger partial charge in [-0.15, -0.1) is 0 Å². The smallest absolute Gasteiger partial charge is 0.226 e. The molecule has 4 nitrogen and oxygen atoms in total. The molecule has 0 radical (unpaired) electrons. The van der Waals surface area contributed by atoms with Gasteiger partial charge in [0.1, 0.15) is 5.75 Å². The Morgan fingerprint density at radius 1 is 1.39 bits per heavy atom. The van der Waals surface area contributed by atoms with Crippen LogP contribution in [0.5, 0.6) is 5.75 Å². The van der Waals surface area contributed by atoms with Gasteiger partial charge in [-0.2, -0.15) is 0 Å². The molecule has 2 rings (SSSR count). The minimum atomic E-state index is 0.174. The predicted molar refractivity (Wildman–Crippen MR) is 72.0 cm³/mol. The zero-order chi connectivity index (χ0) is 13.0. The Hall–Kier alpha value is -1.55. The molecule has 1 aliphatic heterocycles. The van der Waals surface area contributed by atoms with Crippen LogP contribution < -0.4 is 15.4 Å². The number of benzene rings is 1. The number of nitrogens with two attached hydrogens (primary N) is 1. The summed E-state index contributed by atoms with van der Waals surface area (Å²) >= 11 is 0. The Kier molecular flexibility index (Phi) is 4.20. The zero-order valence-electron chi connectivity index (χ0n) is 10.8. The molecule has 98 valence electrons. The highest BCUT2D eigenvalue weighted by Gasteiger charge is 2.21. The summed E-state index contributed by atoms with van der Waals surface area (Å²) in [6.07, 6.45) is 3.23. The van der Waals surface area contributed by atoms with Crippen LogP contribution in [0.3, 0.4) is 0 Å². The zero-order valence-corrected chi connectivity index (χ0v) is 10.8. The van der Waals surface area contributed by atoms with Crippen LogP contribution >= 0.6 is 0 Å². The largest absolute Gasteiger partial charge is 0.493 e. The first-order valence-corrected chi connectivity index (χ1v) is 6.45. The lowest BCUT2D eigenvalue weighted by molar-refractivity contribution is -0.118. The van der Waals surface area contributed by atoms with E-state index in [2.05, 4.69) is 0 Å². The molecule has 4 heteroatoms. The maximum atomic E-state index is 11.8. The number of fused-ring (bicyclic) bond motifs is 1. The van der Waals surface area contributed by atoms with Gasteiger partial charge in [0.05, 0.1) is 12.3 Å². The molecule has 2 N–H and O–H groups in total. The summed E-state index contributed by atoms with van der Waals surface area (Å²) in [5.74, 6) is 1.07. The van der Waals surface area contributed by atoms with E-state index < -0.39 is 0 Å². The van der Waals surface area contributed by atoms with Crippen molar-refractivity contribution < 1.29 is 9.53 Å². The Morgan fingerprint density at radius 3 is 3.00 bits per heavy atom. The van der Waals surface area contributed by atoms with Crippen molar-refractivity contribution in [1.29, 1.82) is 0 Å². The van der Waals surface area contributed by atoms with Crippen molar-refractivity contribution in [1.82, 2.24) is 0 Å². The maximum absolute atomic E-state index is 11.8. The topological polar surface area (TPSA) is 55.6 Å². The first kappa shape index (κ1) is 12.9. The van der Waals surface area contributed by atoms with Gasteiger partial charge in [-0.05, 0) is 37.9 Å². The molecule has 1 aliphatic rings. The molecule has 0 atom stereocenters.